The van der Waals surface area contributed by atoms with E-state index in [-0.39, 0.29) is 16.0 Å². The van der Waals surface area contributed by atoms with Crippen molar-refractivity contribution < 1.29 is 22.7 Å². The molecular weight excluding hydrogens is 472 g/mol. The van der Waals surface area contributed by atoms with Gasteiger partial charge in [0.2, 0.25) is 0 Å². The van der Waals surface area contributed by atoms with E-state index >= 15 is 0 Å². The summed E-state index contributed by atoms with van der Waals surface area (Å²) in [6.07, 6.45) is 4.46. The van der Waals surface area contributed by atoms with E-state index in [4.69, 9.17) is 9.47 Å². The molecule has 0 saturated carbocycles. The number of ether oxygens (including phenoxy) is 2. The van der Waals surface area contributed by atoms with Crippen LogP contribution in [0.3, 0.4) is 0 Å². The van der Waals surface area contributed by atoms with Crippen molar-refractivity contribution in [3.05, 3.63) is 58.5 Å². The van der Waals surface area contributed by atoms with Crippen molar-refractivity contribution in [2.24, 2.45) is 4.40 Å². The molecule has 1 heterocycles. The molecule has 2 aromatic rings. The Morgan fingerprint density at radius 2 is 1.79 bits per heavy atom. The molecule has 9 heteroatoms. The van der Waals surface area contributed by atoms with Crippen LogP contribution >= 0.6 is 11.8 Å². The first kappa shape index (κ1) is 25.8. The average Bonchev–Trinajstić information content (AvgIpc) is 3.12. The van der Waals surface area contributed by atoms with Crippen molar-refractivity contribution in [2.45, 2.75) is 44.9 Å². The van der Waals surface area contributed by atoms with Crippen LogP contribution in [0.1, 0.15) is 44.7 Å². The highest BCUT2D eigenvalue weighted by atomic mass is 32.2. The number of thioether (sulfide) groups is 1. The lowest BCUT2D eigenvalue weighted by molar-refractivity contribution is -0.122. The molecule has 0 bridgehead atoms. The maximum atomic E-state index is 13.0. The zero-order valence-electron chi connectivity index (χ0n) is 19.9. The SMILES string of the molecule is CCCCOc1cc(/C=C2\S/C(=N/S(=O)(=O)c3ccc(CC)cc3)N(CC)C2=O)ccc1OC. The minimum Gasteiger partial charge on any atom is -0.493 e. The van der Waals surface area contributed by atoms with Gasteiger partial charge in [-0.15, -0.1) is 4.40 Å². The number of benzene rings is 2. The van der Waals surface area contributed by atoms with Gasteiger partial charge in [-0.25, -0.2) is 0 Å². The van der Waals surface area contributed by atoms with Gasteiger partial charge in [0, 0.05) is 6.54 Å². The van der Waals surface area contributed by atoms with Crippen molar-refractivity contribution in [1.29, 1.82) is 0 Å². The molecule has 0 spiro atoms. The molecule has 2 aromatic carbocycles. The molecule has 1 amide bonds. The molecule has 0 unspecified atom stereocenters. The number of carbonyl (C=O) groups is 1. The van der Waals surface area contributed by atoms with Crippen molar-refractivity contribution >= 4 is 38.9 Å². The molecule has 182 valence electrons. The quantitative estimate of drug-likeness (QED) is 0.331. The maximum absolute atomic E-state index is 13.0. The third kappa shape index (κ3) is 6.01. The number of sulfonamides is 1. The topological polar surface area (TPSA) is 85.3 Å². The van der Waals surface area contributed by atoms with Gasteiger partial charge in [-0.05, 0) is 73.0 Å². The van der Waals surface area contributed by atoms with E-state index in [0.29, 0.717) is 29.6 Å². The average molecular weight is 503 g/mol. The molecule has 1 saturated heterocycles. The van der Waals surface area contributed by atoms with E-state index in [1.165, 1.54) is 4.90 Å². The van der Waals surface area contributed by atoms with Crippen molar-refractivity contribution in [2.75, 3.05) is 20.3 Å². The molecule has 0 aliphatic carbocycles. The fraction of sp³-hybridized carbons (Fsp3) is 0.360. The van der Waals surface area contributed by atoms with E-state index in [1.54, 1.807) is 50.4 Å². The predicted octanol–water partition coefficient (Wildman–Crippen LogP) is 5.12. The Morgan fingerprint density at radius 3 is 2.41 bits per heavy atom. The number of carbonyl (C=O) groups excluding carboxylic acids is 1. The predicted molar refractivity (Wildman–Crippen MR) is 137 cm³/mol. The van der Waals surface area contributed by atoms with Crippen LogP contribution in [0.4, 0.5) is 0 Å². The van der Waals surface area contributed by atoms with E-state index in [9.17, 15) is 13.2 Å². The fourth-order valence-corrected chi connectivity index (χ4v) is 5.53. The van der Waals surface area contributed by atoms with Gasteiger partial charge in [-0.2, -0.15) is 8.42 Å². The second-order valence-corrected chi connectivity index (χ2v) is 10.2. The van der Waals surface area contributed by atoms with Gasteiger partial charge in [0.15, 0.2) is 16.7 Å². The number of rotatable bonds is 10. The van der Waals surface area contributed by atoms with E-state index < -0.39 is 10.0 Å². The van der Waals surface area contributed by atoms with Crippen LogP contribution in [-0.2, 0) is 21.2 Å². The van der Waals surface area contributed by atoms with Gasteiger partial charge in [0.05, 0.1) is 23.5 Å². The number of likely N-dealkylation sites (N-methyl/N-ethyl adjacent to an activating group) is 1. The third-order valence-electron chi connectivity index (χ3n) is 5.27. The summed E-state index contributed by atoms with van der Waals surface area (Å²) in [5, 5.41) is 0.145. The highest BCUT2D eigenvalue weighted by molar-refractivity contribution is 8.19. The van der Waals surface area contributed by atoms with Gasteiger partial charge in [0.1, 0.15) is 0 Å². The summed E-state index contributed by atoms with van der Waals surface area (Å²) in [7, 11) is -2.37. The lowest BCUT2D eigenvalue weighted by Crippen LogP contribution is -2.29. The Kier molecular flexibility index (Phi) is 8.79. The third-order valence-corrected chi connectivity index (χ3v) is 7.68. The summed E-state index contributed by atoms with van der Waals surface area (Å²) < 4.78 is 40.9. The van der Waals surface area contributed by atoms with Crippen LogP contribution in [0.25, 0.3) is 6.08 Å². The molecule has 0 aromatic heterocycles. The lowest BCUT2D eigenvalue weighted by atomic mass is 10.2. The standard InChI is InChI=1S/C25H30N2O5S2/c1-5-8-15-32-22-16-19(11-14-21(22)31-4)17-23-24(28)27(7-3)25(33-23)26-34(29,30)20-12-9-18(6-2)10-13-20/h9-14,16-17H,5-8,15H2,1-4H3/b23-17-,26-25+. The van der Waals surface area contributed by atoms with Gasteiger partial charge in [-0.1, -0.05) is 38.5 Å². The number of amidine groups is 1. The summed E-state index contributed by atoms with van der Waals surface area (Å²) in [6.45, 7) is 6.75. The molecule has 0 atom stereocenters. The lowest BCUT2D eigenvalue weighted by Gasteiger charge is -2.12. The van der Waals surface area contributed by atoms with Crippen molar-refractivity contribution in [3.63, 3.8) is 0 Å². The number of amides is 1. The van der Waals surface area contributed by atoms with Crippen molar-refractivity contribution in [3.8, 4) is 11.5 Å². The van der Waals surface area contributed by atoms with Crippen LogP contribution in [0, 0.1) is 0 Å². The number of nitrogens with zero attached hydrogens (tertiary/aromatic N) is 2. The number of methoxy groups -OCH3 is 1. The summed E-state index contributed by atoms with van der Waals surface area (Å²) in [5.41, 5.74) is 1.79. The Labute approximate surface area is 205 Å². The number of unbranched alkanes of at least 4 members (excludes halogenated alkanes) is 1. The minimum absolute atomic E-state index is 0.0998. The summed E-state index contributed by atoms with van der Waals surface area (Å²) in [6, 6.07) is 12.1. The second kappa shape index (κ2) is 11.6. The van der Waals surface area contributed by atoms with Crippen LogP contribution in [0.15, 0.2) is 56.7 Å². The zero-order chi connectivity index (χ0) is 24.7. The molecule has 0 radical (unpaired) electrons. The number of aryl methyl sites for hydroxylation is 1. The fourth-order valence-electron chi connectivity index (χ4n) is 3.28. The Morgan fingerprint density at radius 1 is 1.06 bits per heavy atom. The molecule has 1 aliphatic heterocycles. The Balaban J connectivity index is 1.90. The monoisotopic (exact) mass is 502 g/mol. The highest BCUT2D eigenvalue weighted by Gasteiger charge is 2.34. The van der Waals surface area contributed by atoms with Crippen LogP contribution < -0.4 is 9.47 Å². The second-order valence-electron chi connectivity index (χ2n) is 7.62. The van der Waals surface area contributed by atoms with Gasteiger partial charge in [0.25, 0.3) is 15.9 Å². The normalized spacial score (nSPS) is 16.5. The molecule has 0 N–H and O–H groups in total. The first-order valence-electron chi connectivity index (χ1n) is 11.3. The van der Waals surface area contributed by atoms with E-state index in [1.807, 2.05) is 19.1 Å². The molecule has 3 rings (SSSR count). The zero-order valence-corrected chi connectivity index (χ0v) is 21.5. The van der Waals surface area contributed by atoms with Crippen LogP contribution in [0.2, 0.25) is 0 Å². The van der Waals surface area contributed by atoms with Gasteiger partial charge >= 0.3 is 0 Å². The largest absolute Gasteiger partial charge is 0.493 e. The Hall–Kier alpha value is -2.78. The van der Waals surface area contributed by atoms with Crippen LogP contribution in [-0.4, -0.2) is 44.7 Å². The molecule has 1 fully saturated rings. The van der Waals surface area contributed by atoms with Crippen molar-refractivity contribution in [1.82, 2.24) is 4.90 Å². The number of hydrogen-bond donors (Lipinski definition) is 0. The first-order chi connectivity index (χ1) is 16.3. The summed E-state index contributed by atoms with van der Waals surface area (Å²) in [4.78, 5) is 14.8. The number of hydrogen-bond acceptors (Lipinski definition) is 6. The smallest absolute Gasteiger partial charge is 0.284 e. The summed E-state index contributed by atoms with van der Waals surface area (Å²) >= 11 is 1.05. The minimum atomic E-state index is -3.95. The Bertz CT molecular complexity index is 1190. The first-order valence-corrected chi connectivity index (χ1v) is 13.5. The molecule has 1 aliphatic rings. The summed E-state index contributed by atoms with van der Waals surface area (Å²) in [5.74, 6) is 0.924. The molecular formula is C25H30N2O5S2. The van der Waals surface area contributed by atoms with Gasteiger partial charge < -0.3 is 9.47 Å². The molecule has 34 heavy (non-hydrogen) atoms. The van der Waals surface area contributed by atoms with Gasteiger partial charge in [-0.3, -0.25) is 9.69 Å². The van der Waals surface area contributed by atoms with E-state index in [0.717, 1.165) is 42.2 Å². The molecule has 7 nitrogen and oxygen atoms in total. The maximum Gasteiger partial charge on any atom is 0.284 e. The highest BCUT2D eigenvalue weighted by Crippen LogP contribution is 2.35. The van der Waals surface area contributed by atoms with Crippen LogP contribution in [0.5, 0.6) is 11.5 Å². The van der Waals surface area contributed by atoms with E-state index in [2.05, 4.69) is 11.3 Å².